The predicted molar refractivity (Wildman–Crippen MR) is 99.9 cm³/mol. The predicted octanol–water partition coefficient (Wildman–Crippen LogP) is 2.10. The summed E-state index contributed by atoms with van der Waals surface area (Å²) in [5.41, 5.74) is 0.781. The van der Waals surface area contributed by atoms with Crippen molar-refractivity contribution in [1.82, 2.24) is 19.4 Å². The minimum absolute atomic E-state index is 0.0183. The van der Waals surface area contributed by atoms with E-state index in [0.29, 0.717) is 11.6 Å². The number of hydrogen-bond donors (Lipinski definition) is 1. The molecule has 6 nitrogen and oxygen atoms in total. The summed E-state index contributed by atoms with van der Waals surface area (Å²) in [4.78, 5) is 21.0. The third-order valence-corrected chi connectivity index (χ3v) is 4.79. The number of hydrogen-bond acceptors (Lipinski definition) is 4. The van der Waals surface area contributed by atoms with E-state index in [4.69, 9.17) is 11.6 Å². The van der Waals surface area contributed by atoms with Crippen molar-refractivity contribution in [3.63, 3.8) is 0 Å². The highest BCUT2D eigenvalue weighted by molar-refractivity contribution is 6.30. The third kappa shape index (κ3) is 5.29. The first-order valence-electron chi connectivity index (χ1n) is 8.58. The molecule has 1 N–H and O–H groups in total. The lowest BCUT2D eigenvalue weighted by atomic mass is 10.3. The Labute approximate surface area is 153 Å². The first-order valence-corrected chi connectivity index (χ1v) is 8.96. The van der Waals surface area contributed by atoms with E-state index in [9.17, 15) is 4.79 Å². The van der Waals surface area contributed by atoms with Crippen molar-refractivity contribution in [3.8, 4) is 0 Å². The maximum Gasteiger partial charge on any atom is 0.238 e. The van der Waals surface area contributed by atoms with Crippen LogP contribution in [0.5, 0.6) is 0 Å². The van der Waals surface area contributed by atoms with E-state index in [1.54, 1.807) is 12.1 Å². The number of aryl methyl sites for hydroxylation is 1. The zero-order valence-corrected chi connectivity index (χ0v) is 15.2. The lowest BCUT2D eigenvalue weighted by Gasteiger charge is -2.34. The highest BCUT2D eigenvalue weighted by atomic mass is 35.5. The average molecular weight is 362 g/mol. The maximum atomic E-state index is 12.2. The molecule has 0 unspecified atom stereocenters. The summed E-state index contributed by atoms with van der Waals surface area (Å²) in [6, 6.07) is 7.18. The van der Waals surface area contributed by atoms with Gasteiger partial charge in [0.2, 0.25) is 5.91 Å². The molecule has 1 aromatic heterocycles. The quantitative estimate of drug-likeness (QED) is 0.856. The second-order valence-corrected chi connectivity index (χ2v) is 6.78. The molecule has 1 aliphatic rings. The van der Waals surface area contributed by atoms with Crippen LogP contribution in [0.2, 0.25) is 5.02 Å². The fraction of sp³-hybridized carbons (Fsp3) is 0.444. The normalized spacial score (nSPS) is 16.1. The standard InChI is InChI=1S/C18H24ClN5O/c1-15-20-6-7-24(15)13-12-22-8-10-23(11-9-22)14-18(25)21-17-4-2-16(19)3-5-17/h2-7H,8-14H2,1H3,(H,21,25). The zero-order valence-electron chi connectivity index (χ0n) is 14.5. The molecule has 1 amide bonds. The van der Waals surface area contributed by atoms with E-state index in [0.717, 1.165) is 50.8 Å². The molecule has 0 bridgehead atoms. The van der Waals surface area contributed by atoms with Gasteiger partial charge in [0, 0.05) is 62.4 Å². The fourth-order valence-corrected chi connectivity index (χ4v) is 3.12. The van der Waals surface area contributed by atoms with Crippen LogP contribution in [0.4, 0.5) is 5.69 Å². The van der Waals surface area contributed by atoms with Gasteiger partial charge in [-0.25, -0.2) is 4.98 Å². The van der Waals surface area contributed by atoms with Gasteiger partial charge in [0.1, 0.15) is 5.82 Å². The summed E-state index contributed by atoms with van der Waals surface area (Å²) in [5, 5.41) is 3.58. The van der Waals surface area contributed by atoms with E-state index < -0.39 is 0 Å². The molecule has 0 atom stereocenters. The Morgan fingerprint density at radius 3 is 2.44 bits per heavy atom. The van der Waals surface area contributed by atoms with Gasteiger partial charge in [0.25, 0.3) is 0 Å². The van der Waals surface area contributed by atoms with Crippen LogP contribution in [0, 0.1) is 6.92 Å². The Bertz CT molecular complexity index is 692. The van der Waals surface area contributed by atoms with Gasteiger partial charge in [0.15, 0.2) is 0 Å². The van der Waals surface area contributed by atoms with Crippen molar-refractivity contribution < 1.29 is 4.79 Å². The largest absolute Gasteiger partial charge is 0.334 e. The number of imidazole rings is 1. The first-order chi connectivity index (χ1) is 12.1. The molecule has 0 spiro atoms. The molecule has 7 heteroatoms. The number of amides is 1. The molecule has 134 valence electrons. The van der Waals surface area contributed by atoms with Gasteiger partial charge in [-0.15, -0.1) is 0 Å². The molecule has 1 saturated heterocycles. The molecule has 0 radical (unpaired) electrons. The molecule has 1 fully saturated rings. The number of anilines is 1. The smallest absolute Gasteiger partial charge is 0.238 e. The maximum absolute atomic E-state index is 12.2. The molecule has 2 heterocycles. The number of aromatic nitrogens is 2. The Kier molecular flexibility index (Phi) is 6.07. The topological polar surface area (TPSA) is 53.4 Å². The molecule has 1 aromatic carbocycles. The number of nitrogens with one attached hydrogen (secondary N) is 1. The molecule has 1 aliphatic heterocycles. The lowest BCUT2D eigenvalue weighted by Crippen LogP contribution is -2.49. The second kappa shape index (κ2) is 8.47. The summed E-state index contributed by atoms with van der Waals surface area (Å²) in [6.07, 6.45) is 3.86. The summed E-state index contributed by atoms with van der Waals surface area (Å²) in [6.45, 7) is 8.23. The minimum atomic E-state index is 0.0183. The summed E-state index contributed by atoms with van der Waals surface area (Å²) >= 11 is 5.85. The molecule has 3 rings (SSSR count). The highest BCUT2D eigenvalue weighted by Crippen LogP contribution is 2.13. The molecule has 2 aromatic rings. The van der Waals surface area contributed by atoms with Gasteiger partial charge >= 0.3 is 0 Å². The summed E-state index contributed by atoms with van der Waals surface area (Å²) in [5.74, 6) is 1.07. The number of carbonyl (C=O) groups is 1. The van der Waals surface area contributed by atoms with Crippen LogP contribution in [0.25, 0.3) is 0 Å². The monoisotopic (exact) mass is 361 g/mol. The van der Waals surface area contributed by atoms with Crippen LogP contribution in [-0.2, 0) is 11.3 Å². The van der Waals surface area contributed by atoms with Gasteiger partial charge in [-0.05, 0) is 31.2 Å². The Balaban J connectivity index is 1.38. The third-order valence-electron chi connectivity index (χ3n) is 4.54. The Hall–Kier alpha value is -1.89. The molecule has 25 heavy (non-hydrogen) atoms. The van der Waals surface area contributed by atoms with Crippen molar-refractivity contribution in [1.29, 1.82) is 0 Å². The van der Waals surface area contributed by atoms with Crippen LogP contribution >= 0.6 is 11.6 Å². The van der Waals surface area contributed by atoms with Crippen molar-refractivity contribution in [3.05, 3.63) is 47.5 Å². The SMILES string of the molecule is Cc1nccn1CCN1CCN(CC(=O)Nc2ccc(Cl)cc2)CC1. The number of rotatable bonds is 6. The van der Waals surface area contributed by atoms with Crippen LogP contribution in [0.1, 0.15) is 5.82 Å². The highest BCUT2D eigenvalue weighted by Gasteiger charge is 2.18. The van der Waals surface area contributed by atoms with E-state index in [1.165, 1.54) is 0 Å². The summed E-state index contributed by atoms with van der Waals surface area (Å²) < 4.78 is 2.17. The molecular weight excluding hydrogens is 338 g/mol. The Morgan fingerprint density at radius 1 is 1.12 bits per heavy atom. The number of piperazine rings is 1. The van der Waals surface area contributed by atoms with Crippen molar-refractivity contribution in [2.75, 3.05) is 44.6 Å². The number of nitrogens with zero attached hydrogens (tertiary/aromatic N) is 4. The van der Waals surface area contributed by atoms with Gasteiger partial charge < -0.3 is 9.88 Å². The lowest BCUT2D eigenvalue weighted by molar-refractivity contribution is -0.117. The average Bonchev–Trinajstić information content (AvgIpc) is 3.01. The van der Waals surface area contributed by atoms with E-state index in [-0.39, 0.29) is 5.91 Å². The Morgan fingerprint density at radius 2 is 1.80 bits per heavy atom. The van der Waals surface area contributed by atoms with Gasteiger partial charge in [-0.3, -0.25) is 14.6 Å². The van der Waals surface area contributed by atoms with Crippen molar-refractivity contribution in [2.45, 2.75) is 13.5 Å². The van der Waals surface area contributed by atoms with E-state index >= 15 is 0 Å². The minimum Gasteiger partial charge on any atom is -0.334 e. The number of carbonyl (C=O) groups excluding carboxylic acids is 1. The van der Waals surface area contributed by atoms with Gasteiger partial charge in [-0.2, -0.15) is 0 Å². The van der Waals surface area contributed by atoms with Crippen molar-refractivity contribution in [2.24, 2.45) is 0 Å². The van der Waals surface area contributed by atoms with Gasteiger partial charge in [0.05, 0.1) is 6.54 Å². The fourth-order valence-electron chi connectivity index (χ4n) is 3.00. The first kappa shape index (κ1) is 17.9. The molecule has 0 aliphatic carbocycles. The van der Waals surface area contributed by atoms with E-state index in [2.05, 4.69) is 24.7 Å². The zero-order chi connectivity index (χ0) is 17.6. The molecular formula is C18H24ClN5O. The number of halogens is 1. The van der Waals surface area contributed by atoms with Crippen LogP contribution in [-0.4, -0.2) is 64.5 Å². The van der Waals surface area contributed by atoms with Crippen molar-refractivity contribution >= 4 is 23.2 Å². The number of benzene rings is 1. The molecule has 0 saturated carbocycles. The van der Waals surface area contributed by atoms with E-state index in [1.807, 2.05) is 31.5 Å². The van der Waals surface area contributed by atoms with Crippen LogP contribution < -0.4 is 5.32 Å². The van der Waals surface area contributed by atoms with Crippen LogP contribution in [0.15, 0.2) is 36.7 Å². The summed E-state index contributed by atoms with van der Waals surface area (Å²) in [7, 11) is 0. The second-order valence-electron chi connectivity index (χ2n) is 6.34. The van der Waals surface area contributed by atoms with Gasteiger partial charge in [-0.1, -0.05) is 11.6 Å². The van der Waals surface area contributed by atoms with Crippen LogP contribution in [0.3, 0.4) is 0 Å².